The highest BCUT2D eigenvalue weighted by Crippen LogP contribution is 2.27. The van der Waals surface area contributed by atoms with E-state index in [-0.39, 0.29) is 0 Å². The molecule has 2 unspecified atom stereocenters. The van der Waals surface area contributed by atoms with Crippen LogP contribution in [0.3, 0.4) is 0 Å². The van der Waals surface area contributed by atoms with Gasteiger partial charge in [-0.1, -0.05) is 13.3 Å². The average molecular weight is 224 g/mol. The van der Waals surface area contributed by atoms with E-state index < -0.39 is 0 Å². The second-order valence-electron chi connectivity index (χ2n) is 4.52. The molecule has 0 aliphatic heterocycles. The minimum absolute atomic E-state index is 0.733. The van der Waals surface area contributed by atoms with Crippen LogP contribution in [0.4, 0.5) is 0 Å². The van der Waals surface area contributed by atoms with E-state index in [4.69, 9.17) is 0 Å². The Morgan fingerprint density at radius 3 is 3.00 bits per heavy atom. The summed E-state index contributed by atoms with van der Waals surface area (Å²) >= 11 is 1.74. The van der Waals surface area contributed by atoms with Crippen LogP contribution in [0.5, 0.6) is 0 Å². The Kier molecular flexibility index (Phi) is 3.76. The predicted molar refractivity (Wildman–Crippen MR) is 65.1 cm³/mol. The fourth-order valence-electron chi connectivity index (χ4n) is 2.37. The summed E-state index contributed by atoms with van der Waals surface area (Å²) in [4.78, 5) is 4.47. The summed E-state index contributed by atoms with van der Waals surface area (Å²) in [5.41, 5.74) is 1.21. The van der Waals surface area contributed by atoms with Crippen LogP contribution in [0.25, 0.3) is 0 Å². The Morgan fingerprint density at radius 2 is 2.40 bits per heavy atom. The number of thiazole rings is 1. The maximum absolute atomic E-state index is 4.47. The molecule has 0 bridgehead atoms. The van der Waals surface area contributed by atoms with Gasteiger partial charge in [0.2, 0.25) is 0 Å². The minimum atomic E-state index is 0.733. The first-order chi connectivity index (χ1) is 7.28. The van der Waals surface area contributed by atoms with Crippen molar-refractivity contribution in [1.82, 2.24) is 10.3 Å². The number of rotatable bonds is 4. The molecule has 1 fully saturated rings. The Bertz CT molecular complexity index is 308. The highest BCUT2D eigenvalue weighted by atomic mass is 32.1. The van der Waals surface area contributed by atoms with Gasteiger partial charge in [-0.3, -0.25) is 0 Å². The van der Waals surface area contributed by atoms with Crippen LogP contribution in [-0.2, 0) is 6.54 Å². The van der Waals surface area contributed by atoms with Gasteiger partial charge in [-0.05, 0) is 32.1 Å². The van der Waals surface area contributed by atoms with Crippen molar-refractivity contribution in [2.24, 2.45) is 5.92 Å². The van der Waals surface area contributed by atoms with Crippen molar-refractivity contribution < 1.29 is 0 Å². The van der Waals surface area contributed by atoms with E-state index in [1.54, 1.807) is 11.3 Å². The molecule has 2 atom stereocenters. The van der Waals surface area contributed by atoms with E-state index >= 15 is 0 Å². The van der Waals surface area contributed by atoms with E-state index in [2.05, 4.69) is 29.5 Å². The molecule has 3 heteroatoms. The molecule has 0 saturated heterocycles. The molecule has 1 aliphatic carbocycles. The molecule has 1 aromatic heterocycles. The Hall–Kier alpha value is -0.410. The number of aromatic nitrogens is 1. The molecule has 84 valence electrons. The molecule has 2 rings (SSSR count). The second kappa shape index (κ2) is 5.08. The third-order valence-electron chi connectivity index (χ3n) is 3.36. The molecule has 1 heterocycles. The van der Waals surface area contributed by atoms with Gasteiger partial charge in [0.25, 0.3) is 0 Å². The predicted octanol–water partition coefficient (Wildman–Crippen LogP) is 3.12. The Morgan fingerprint density at radius 1 is 1.53 bits per heavy atom. The molecule has 1 saturated carbocycles. The number of nitrogens with zero attached hydrogens (tertiary/aromatic N) is 1. The summed E-state index contributed by atoms with van der Waals surface area (Å²) in [6.45, 7) is 5.32. The summed E-state index contributed by atoms with van der Waals surface area (Å²) in [5.74, 6) is 0.958. The van der Waals surface area contributed by atoms with Crippen LogP contribution >= 0.6 is 11.3 Å². The highest BCUT2D eigenvalue weighted by molar-refractivity contribution is 7.09. The van der Waals surface area contributed by atoms with Crippen molar-refractivity contribution in [1.29, 1.82) is 0 Å². The van der Waals surface area contributed by atoms with E-state index in [1.165, 1.54) is 36.4 Å². The SMILES string of the molecule is CCC1CCC(NCc2csc(C)n2)C1. The van der Waals surface area contributed by atoms with Gasteiger partial charge < -0.3 is 5.32 Å². The molecule has 0 spiro atoms. The van der Waals surface area contributed by atoms with Crippen LogP contribution in [0.1, 0.15) is 43.3 Å². The number of hydrogen-bond donors (Lipinski definition) is 1. The Balaban J connectivity index is 1.75. The van der Waals surface area contributed by atoms with Crippen molar-refractivity contribution in [3.8, 4) is 0 Å². The van der Waals surface area contributed by atoms with Gasteiger partial charge in [-0.15, -0.1) is 11.3 Å². The number of nitrogens with one attached hydrogen (secondary N) is 1. The van der Waals surface area contributed by atoms with Gasteiger partial charge in [-0.2, -0.15) is 0 Å². The lowest BCUT2D eigenvalue weighted by atomic mass is 10.1. The zero-order valence-electron chi connectivity index (χ0n) is 9.62. The van der Waals surface area contributed by atoms with Gasteiger partial charge in [-0.25, -0.2) is 4.98 Å². The lowest BCUT2D eigenvalue weighted by molar-refractivity contribution is 0.475. The first-order valence-corrected chi connectivity index (χ1v) is 6.80. The van der Waals surface area contributed by atoms with E-state index in [0.717, 1.165) is 18.5 Å². The molecule has 1 aromatic rings. The van der Waals surface area contributed by atoms with Gasteiger partial charge in [0.05, 0.1) is 10.7 Å². The van der Waals surface area contributed by atoms with Gasteiger partial charge in [0.15, 0.2) is 0 Å². The third kappa shape index (κ3) is 3.02. The molecular weight excluding hydrogens is 204 g/mol. The first kappa shape index (κ1) is 11.1. The molecule has 0 aromatic carbocycles. The second-order valence-corrected chi connectivity index (χ2v) is 5.59. The summed E-state index contributed by atoms with van der Waals surface area (Å²) in [6.07, 6.45) is 5.46. The van der Waals surface area contributed by atoms with Crippen molar-refractivity contribution in [3.63, 3.8) is 0 Å². The fraction of sp³-hybridized carbons (Fsp3) is 0.750. The average Bonchev–Trinajstić information content (AvgIpc) is 2.83. The summed E-state index contributed by atoms with van der Waals surface area (Å²) < 4.78 is 0. The van der Waals surface area contributed by atoms with Crippen molar-refractivity contribution in [2.45, 2.75) is 52.1 Å². The largest absolute Gasteiger partial charge is 0.308 e. The van der Waals surface area contributed by atoms with E-state index in [9.17, 15) is 0 Å². The lowest BCUT2D eigenvalue weighted by Gasteiger charge is -2.11. The van der Waals surface area contributed by atoms with Gasteiger partial charge in [0, 0.05) is 18.0 Å². The van der Waals surface area contributed by atoms with Crippen LogP contribution < -0.4 is 5.32 Å². The molecule has 0 radical (unpaired) electrons. The van der Waals surface area contributed by atoms with Crippen molar-refractivity contribution >= 4 is 11.3 Å². The van der Waals surface area contributed by atoms with Gasteiger partial charge in [0.1, 0.15) is 0 Å². The third-order valence-corrected chi connectivity index (χ3v) is 4.18. The Labute approximate surface area is 96.1 Å². The molecule has 2 nitrogen and oxygen atoms in total. The molecule has 0 amide bonds. The van der Waals surface area contributed by atoms with Crippen LogP contribution in [0.15, 0.2) is 5.38 Å². The fourth-order valence-corrected chi connectivity index (χ4v) is 2.98. The molecule has 1 aliphatic rings. The van der Waals surface area contributed by atoms with Gasteiger partial charge >= 0.3 is 0 Å². The summed E-state index contributed by atoms with van der Waals surface area (Å²) in [6, 6.07) is 0.733. The number of hydrogen-bond acceptors (Lipinski definition) is 3. The van der Waals surface area contributed by atoms with Crippen LogP contribution in [0, 0.1) is 12.8 Å². The summed E-state index contributed by atoms with van der Waals surface area (Å²) in [7, 11) is 0. The first-order valence-electron chi connectivity index (χ1n) is 5.92. The maximum Gasteiger partial charge on any atom is 0.0897 e. The zero-order valence-corrected chi connectivity index (χ0v) is 10.4. The van der Waals surface area contributed by atoms with Crippen molar-refractivity contribution in [2.75, 3.05) is 0 Å². The number of aryl methyl sites for hydroxylation is 1. The topological polar surface area (TPSA) is 24.9 Å². The molecule has 15 heavy (non-hydrogen) atoms. The van der Waals surface area contributed by atoms with E-state index in [0.29, 0.717) is 0 Å². The van der Waals surface area contributed by atoms with Crippen LogP contribution in [0.2, 0.25) is 0 Å². The smallest absolute Gasteiger partial charge is 0.0897 e. The minimum Gasteiger partial charge on any atom is -0.308 e. The normalized spacial score (nSPS) is 26.0. The van der Waals surface area contributed by atoms with Crippen LogP contribution in [-0.4, -0.2) is 11.0 Å². The molecular formula is C12H20N2S. The zero-order chi connectivity index (χ0) is 10.7. The monoisotopic (exact) mass is 224 g/mol. The summed E-state index contributed by atoms with van der Waals surface area (Å²) in [5, 5.41) is 6.95. The van der Waals surface area contributed by atoms with Crippen molar-refractivity contribution in [3.05, 3.63) is 16.1 Å². The quantitative estimate of drug-likeness (QED) is 0.850. The molecule has 1 N–H and O–H groups in total. The maximum atomic E-state index is 4.47. The highest BCUT2D eigenvalue weighted by Gasteiger charge is 2.22. The standard InChI is InChI=1S/C12H20N2S/c1-3-10-4-5-11(6-10)13-7-12-8-15-9(2)14-12/h8,10-11,13H,3-7H2,1-2H3. The lowest BCUT2D eigenvalue weighted by Crippen LogP contribution is -2.26. The van der Waals surface area contributed by atoms with E-state index in [1.807, 2.05) is 0 Å².